The van der Waals surface area contributed by atoms with Crippen molar-refractivity contribution in [1.29, 1.82) is 0 Å². The molecule has 0 spiro atoms. The summed E-state index contributed by atoms with van der Waals surface area (Å²) in [6.07, 6.45) is 1.99. The van der Waals surface area contributed by atoms with Crippen molar-refractivity contribution in [3.05, 3.63) is 17.5 Å². The first-order valence-electron chi connectivity index (χ1n) is 8.37. The fourth-order valence-corrected chi connectivity index (χ4v) is 3.60. The topological polar surface area (TPSA) is 52.4 Å². The third kappa shape index (κ3) is 4.27. The third-order valence-electron chi connectivity index (χ3n) is 4.11. The summed E-state index contributed by atoms with van der Waals surface area (Å²) in [6.45, 7) is 11.4. The molecule has 2 aromatic heterocycles. The Balaban J connectivity index is 1.77. The van der Waals surface area contributed by atoms with E-state index >= 15 is 0 Å². The van der Waals surface area contributed by atoms with Crippen LogP contribution in [0.5, 0.6) is 0 Å². The summed E-state index contributed by atoms with van der Waals surface area (Å²) >= 11 is 6.16. The van der Waals surface area contributed by atoms with Crippen LogP contribution in [0.15, 0.2) is 12.3 Å². The fraction of sp³-hybridized carbons (Fsp3) is 0.625. The van der Waals surface area contributed by atoms with Gasteiger partial charge in [-0.3, -0.25) is 0 Å². The number of anilines is 1. The highest BCUT2D eigenvalue weighted by atomic mass is 35.5. The van der Waals surface area contributed by atoms with Crippen LogP contribution in [-0.2, 0) is 16.2 Å². The summed E-state index contributed by atoms with van der Waals surface area (Å²) < 4.78 is 13.3. The van der Waals surface area contributed by atoms with Crippen molar-refractivity contribution >= 4 is 36.5 Å². The lowest BCUT2D eigenvalue weighted by atomic mass is 10.3. The van der Waals surface area contributed by atoms with Crippen molar-refractivity contribution in [2.75, 3.05) is 37.8 Å². The molecule has 6 nitrogen and oxygen atoms in total. The van der Waals surface area contributed by atoms with Gasteiger partial charge in [-0.15, -0.1) is 0 Å². The number of fused-ring (bicyclic) bond motifs is 1. The van der Waals surface area contributed by atoms with Gasteiger partial charge in [0.15, 0.2) is 0 Å². The van der Waals surface area contributed by atoms with Gasteiger partial charge in [-0.05, 0) is 23.7 Å². The number of morpholine rings is 1. The van der Waals surface area contributed by atoms with Crippen LogP contribution in [-0.4, -0.2) is 55.5 Å². The Labute approximate surface area is 148 Å². The zero-order chi connectivity index (χ0) is 17.2. The molecule has 1 saturated heterocycles. The summed E-state index contributed by atoms with van der Waals surface area (Å²) in [5, 5.41) is 1.28. The van der Waals surface area contributed by atoms with Gasteiger partial charge < -0.3 is 18.9 Å². The second-order valence-corrected chi connectivity index (χ2v) is 13.2. The number of rotatable bonds is 6. The lowest BCUT2D eigenvalue weighted by molar-refractivity contribution is 0.0899. The average molecular weight is 369 g/mol. The van der Waals surface area contributed by atoms with Crippen LogP contribution in [0.3, 0.4) is 0 Å². The monoisotopic (exact) mass is 368 g/mol. The van der Waals surface area contributed by atoms with Crippen molar-refractivity contribution in [2.45, 2.75) is 32.4 Å². The van der Waals surface area contributed by atoms with Crippen LogP contribution >= 0.6 is 11.6 Å². The van der Waals surface area contributed by atoms with Crippen LogP contribution in [0.2, 0.25) is 31.0 Å². The predicted octanol–water partition coefficient (Wildman–Crippen LogP) is 3.23. The maximum absolute atomic E-state index is 6.16. The van der Waals surface area contributed by atoms with Gasteiger partial charge in [0.1, 0.15) is 18.2 Å². The van der Waals surface area contributed by atoms with Crippen molar-refractivity contribution in [2.24, 2.45) is 0 Å². The standard InChI is InChI=1S/C16H25ClN4O2Si/c1-24(2,3)11-10-23-12-21-5-4-13-14(18-16(17)19-15(13)21)20-6-8-22-9-7-20/h4-5H,6-12H2,1-3H3. The molecular formula is C16H25ClN4O2Si. The molecule has 0 aromatic carbocycles. The second-order valence-electron chi connectivity index (χ2n) is 7.29. The summed E-state index contributed by atoms with van der Waals surface area (Å²) in [6, 6.07) is 3.19. The van der Waals surface area contributed by atoms with Gasteiger partial charge in [-0.1, -0.05) is 19.6 Å². The molecular weight excluding hydrogens is 344 g/mol. The molecule has 0 amide bonds. The van der Waals surface area contributed by atoms with E-state index in [0.29, 0.717) is 19.9 Å². The number of nitrogens with zero attached hydrogens (tertiary/aromatic N) is 4. The van der Waals surface area contributed by atoms with E-state index in [4.69, 9.17) is 21.1 Å². The van der Waals surface area contributed by atoms with E-state index in [1.165, 1.54) is 0 Å². The molecule has 0 aliphatic carbocycles. The fourth-order valence-electron chi connectivity index (χ4n) is 2.68. The van der Waals surface area contributed by atoms with Gasteiger partial charge >= 0.3 is 0 Å². The van der Waals surface area contributed by atoms with Crippen molar-refractivity contribution < 1.29 is 9.47 Å². The van der Waals surface area contributed by atoms with Crippen LogP contribution in [0.4, 0.5) is 5.82 Å². The summed E-state index contributed by atoms with van der Waals surface area (Å²) in [5.74, 6) is 0.883. The third-order valence-corrected chi connectivity index (χ3v) is 5.98. The van der Waals surface area contributed by atoms with E-state index in [9.17, 15) is 0 Å². The molecule has 0 N–H and O–H groups in total. The predicted molar refractivity (Wildman–Crippen MR) is 99.7 cm³/mol. The maximum atomic E-state index is 6.16. The molecule has 1 aliphatic rings. The van der Waals surface area contributed by atoms with Gasteiger partial charge in [0, 0.05) is 34.0 Å². The molecule has 1 aliphatic heterocycles. The molecule has 0 unspecified atom stereocenters. The number of halogens is 1. The average Bonchev–Trinajstić information content (AvgIpc) is 2.93. The number of ether oxygens (including phenoxy) is 2. The van der Waals surface area contributed by atoms with E-state index in [0.717, 1.165) is 42.6 Å². The Hall–Kier alpha value is -1.15. The number of aromatic nitrogens is 3. The summed E-state index contributed by atoms with van der Waals surface area (Å²) in [4.78, 5) is 11.1. The molecule has 3 heterocycles. The number of hydrogen-bond acceptors (Lipinski definition) is 5. The highest BCUT2D eigenvalue weighted by Crippen LogP contribution is 2.27. The van der Waals surface area contributed by atoms with E-state index in [2.05, 4.69) is 34.5 Å². The van der Waals surface area contributed by atoms with Gasteiger partial charge in [0.2, 0.25) is 5.28 Å². The Morgan fingerprint density at radius 3 is 2.71 bits per heavy atom. The molecule has 132 valence electrons. The minimum absolute atomic E-state index is 0.269. The van der Waals surface area contributed by atoms with Crippen molar-refractivity contribution in [3.63, 3.8) is 0 Å². The first-order valence-corrected chi connectivity index (χ1v) is 12.5. The lowest BCUT2D eigenvalue weighted by Gasteiger charge is -2.28. The van der Waals surface area contributed by atoms with Crippen LogP contribution in [0, 0.1) is 0 Å². The molecule has 2 aromatic rings. The normalized spacial score (nSPS) is 16.1. The minimum Gasteiger partial charge on any atom is -0.378 e. The molecule has 24 heavy (non-hydrogen) atoms. The summed E-state index contributed by atoms with van der Waals surface area (Å²) in [7, 11) is -1.07. The molecule has 1 fully saturated rings. The van der Waals surface area contributed by atoms with E-state index in [1.807, 2.05) is 16.8 Å². The smallest absolute Gasteiger partial charge is 0.226 e. The largest absolute Gasteiger partial charge is 0.378 e. The molecule has 0 radical (unpaired) electrons. The van der Waals surface area contributed by atoms with E-state index in [1.54, 1.807) is 0 Å². The molecule has 3 rings (SSSR count). The van der Waals surface area contributed by atoms with Crippen molar-refractivity contribution in [1.82, 2.24) is 14.5 Å². The highest BCUT2D eigenvalue weighted by Gasteiger charge is 2.19. The van der Waals surface area contributed by atoms with Gasteiger partial charge in [-0.25, -0.2) is 0 Å². The maximum Gasteiger partial charge on any atom is 0.226 e. The quantitative estimate of drug-likeness (QED) is 0.445. The molecule has 0 saturated carbocycles. The van der Waals surface area contributed by atoms with Gasteiger partial charge in [-0.2, -0.15) is 9.97 Å². The second kappa shape index (κ2) is 7.39. The van der Waals surface area contributed by atoms with E-state index < -0.39 is 8.07 Å². The molecule has 0 bridgehead atoms. The van der Waals surface area contributed by atoms with Gasteiger partial charge in [0.25, 0.3) is 0 Å². The van der Waals surface area contributed by atoms with Crippen LogP contribution in [0.25, 0.3) is 11.0 Å². The van der Waals surface area contributed by atoms with Crippen LogP contribution in [0.1, 0.15) is 0 Å². The highest BCUT2D eigenvalue weighted by molar-refractivity contribution is 6.76. The van der Waals surface area contributed by atoms with Crippen molar-refractivity contribution in [3.8, 4) is 0 Å². The first-order chi connectivity index (χ1) is 11.4. The van der Waals surface area contributed by atoms with Crippen LogP contribution < -0.4 is 4.90 Å². The zero-order valence-electron chi connectivity index (χ0n) is 14.6. The number of hydrogen-bond donors (Lipinski definition) is 0. The molecule has 8 heteroatoms. The SMILES string of the molecule is C[Si](C)(C)CCOCn1ccc2c(N3CCOCC3)nc(Cl)nc21. The lowest BCUT2D eigenvalue weighted by Crippen LogP contribution is -2.37. The Morgan fingerprint density at radius 2 is 2.00 bits per heavy atom. The minimum atomic E-state index is -1.07. The zero-order valence-corrected chi connectivity index (χ0v) is 16.3. The summed E-state index contributed by atoms with van der Waals surface area (Å²) in [5.41, 5.74) is 0.824. The van der Waals surface area contributed by atoms with Gasteiger partial charge in [0.05, 0.1) is 18.6 Å². The Kier molecular flexibility index (Phi) is 5.44. The van der Waals surface area contributed by atoms with E-state index in [-0.39, 0.29) is 5.28 Å². The first kappa shape index (κ1) is 17.7. The molecule has 0 atom stereocenters. The Morgan fingerprint density at radius 1 is 1.25 bits per heavy atom. The Bertz CT molecular complexity index is 695.